The van der Waals surface area contributed by atoms with E-state index >= 15 is 0 Å². The molecule has 0 unspecified atom stereocenters. The minimum Gasteiger partial charge on any atom is -0.480 e. The number of aliphatic carboxylic acids is 1. The van der Waals surface area contributed by atoms with Gasteiger partial charge in [0.15, 0.2) is 0 Å². The normalized spacial score (nSPS) is 12.2. The lowest BCUT2D eigenvalue weighted by Crippen LogP contribution is -2.29. The van der Waals surface area contributed by atoms with Crippen LogP contribution in [0.3, 0.4) is 0 Å². The monoisotopic (exact) mass is 303 g/mol. The molecule has 0 radical (unpaired) electrons. The second-order valence-electron chi connectivity index (χ2n) is 4.95. The summed E-state index contributed by atoms with van der Waals surface area (Å²) < 4.78 is 6.90. The van der Waals surface area contributed by atoms with E-state index in [1.807, 2.05) is 41.1 Å². The molecule has 118 valence electrons. The molecule has 0 amide bonds. The summed E-state index contributed by atoms with van der Waals surface area (Å²) >= 11 is 0. The van der Waals surface area contributed by atoms with Crippen LogP contribution in [0.1, 0.15) is 23.7 Å². The van der Waals surface area contributed by atoms with Gasteiger partial charge in [0.25, 0.3) is 0 Å². The van der Waals surface area contributed by atoms with E-state index in [2.05, 4.69) is 10.4 Å². The summed E-state index contributed by atoms with van der Waals surface area (Å²) in [6.45, 7) is 1.87. The highest BCUT2D eigenvalue weighted by molar-refractivity contribution is 5.75. The van der Waals surface area contributed by atoms with Crippen LogP contribution >= 0.6 is 0 Å². The molecule has 1 aromatic carbocycles. The van der Waals surface area contributed by atoms with Gasteiger partial charge in [0.05, 0.1) is 5.69 Å². The Morgan fingerprint density at radius 3 is 2.82 bits per heavy atom. The Morgan fingerprint density at radius 1 is 1.36 bits per heavy atom. The van der Waals surface area contributed by atoms with Gasteiger partial charge in [-0.3, -0.25) is 14.8 Å². The molecule has 0 bridgehead atoms. The number of aryl methyl sites for hydroxylation is 1. The lowest BCUT2D eigenvalue weighted by atomic mass is 10.1. The van der Waals surface area contributed by atoms with Crippen molar-refractivity contribution < 1.29 is 14.6 Å². The zero-order chi connectivity index (χ0) is 15.8. The maximum Gasteiger partial charge on any atom is 0.325 e. The highest BCUT2D eigenvalue weighted by atomic mass is 16.5. The number of hydrogen-bond donors (Lipinski definition) is 2. The molecule has 0 spiro atoms. The lowest BCUT2D eigenvalue weighted by molar-refractivity contribution is -0.139. The van der Waals surface area contributed by atoms with Gasteiger partial charge in [-0.25, -0.2) is 0 Å². The molecule has 2 N–H and O–H groups in total. The quantitative estimate of drug-likeness (QED) is 0.691. The van der Waals surface area contributed by atoms with Crippen LogP contribution in [-0.4, -0.2) is 34.6 Å². The van der Waals surface area contributed by atoms with Gasteiger partial charge in [0.1, 0.15) is 6.04 Å². The first-order valence-corrected chi connectivity index (χ1v) is 7.23. The average Bonchev–Trinajstić information content (AvgIpc) is 2.96. The number of nitrogens with zero attached hydrogens (tertiary/aromatic N) is 2. The Morgan fingerprint density at radius 2 is 2.14 bits per heavy atom. The molecule has 0 saturated heterocycles. The molecule has 6 heteroatoms. The molecule has 1 heterocycles. The third-order valence-electron chi connectivity index (χ3n) is 3.39. The summed E-state index contributed by atoms with van der Waals surface area (Å²) in [7, 11) is 1.67. The predicted octanol–water partition coefficient (Wildman–Crippen LogP) is 1.84. The Bertz CT molecular complexity index is 583. The van der Waals surface area contributed by atoms with Crippen LogP contribution in [0.4, 0.5) is 0 Å². The number of rotatable bonds is 9. The van der Waals surface area contributed by atoms with Crippen molar-refractivity contribution in [1.82, 2.24) is 15.1 Å². The van der Waals surface area contributed by atoms with Crippen molar-refractivity contribution in [2.24, 2.45) is 0 Å². The van der Waals surface area contributed by atoms with Crippen molar-refractivity contribution in [1.29, 1.82) is 0 Å². The largest absolute Gasteiger partial charge is 0.480 e. The minimum absolute atomic E-state index is 0.443. The molecule has 2 aromatic rings. The Kier molecular flexibility index (Phi) is 6.12. The van der Waals surface area contributed by atoms with Crippen molar-refractivity contribution in [2.45, 2.75) is 25.6 Å². The van der Waals surface area contributed by atoms with Crippen LogP contribution in [-0.2, 0) is 22.6 Å². The van der Waals surface area contributed by atoms with Crippen LogP contribution < -0.4 is 5.32 Å². The molecule has 6 nitrogen and oxygen atoms in total. The fourth-order valence-electron chi connectivity index (χ4n) is 2.27. The van der Waals surface area contributed by atoms with Crippen molar-refractivity contribution >= 4 is 5.97 Å². The zero-order valence-electron chi connectivity index (χ0n) is 12.6. The van der Waals surface area contributed by atoms with E-state index in [-0.39, 0.29) is 0 Å². The number of benzene rings is 1. The van der Waals surface area contributed by atoms with Crippen molar-refractivity contribution in [3.05, 3.63) is 53.9 Å². The molecule has 1 aromatic heterocycles. The molecular weight excluding hydrogens is 282 g/mol. The van der Waals surface area contributed by atoms with Gasteiger partial charge in [0.2, 0.25) is 0 Å². The first-order valence-electron chi connectivity index (χ1n) is 7.23. The molecule has 0 aliphatic heterocycles. The first kappa shape index (κ1) is 16.2. The Balaban J connectivity index is 1.98. The smallest absolute Gasteiger partial charge is 0.325 e. The molecule has 1 atom stereocenters. The standard InChI is InChI=1S/C16H21N3O3/c1-22-11-5-10-19-14(8-9-18-19)12-17-15(16(20)21)13-6-3-2-4-7-13/h2-4,6-9,15,17H,5,10-12H2,1H3,(H,20,21)/t15-/m0/s1. The van der Waals surface area contributed by atoms with E-state index in [4.69, 9.17) is 4.74 Å². The molecule has 2 rings (SSSR count). The van der Waals surface area contributed by atoms with Crippen molar-refractivity contribution in [3.8, 4) is 0 Å². The first-order chi connectivity index (χ1) is 10.7. The SMILES string of the molecule is COCCCn1nccc1CN[C@H](C(=O)O)c1ccccc1. The van der Waals surface area contributed by atoms with E-state index in [0.29, 0.717) is 13.2 Å². The third-order valence-corrected chi connectivity index (χ3v) is 3.39. The van der Waals surface area contributed by atoms with Gasteiger partial charge in [0, 0.05) is 33.0 Å². The van der Waals surface area contributed by atoms with Crippen LogP contribution in [0, 0.1) is 0 Å². The van der Waals surface area contributed by atoms with Crippen LogP contribution in [0.5, 0.6) is 0 Å². The Labute approximate surface area is 129 Å². The number of ether oxygens (including phenoxy) is 1. The summed E-state index contributed by atoms with van der Waals surface area (Å²) in [5.41, 5.74) is 1.69. The lowest BCUT2D eigenvalue weighted by Gasteiger charge is -2.15. The molecule has 0 saturated carbocycles. The van der Waals surface area contributed by atoms with E-state index in [9.17, 15) is 9.90 Å². The number of carbonyl (C=O) groups is 1. The number of aromatic nitrogens is 2. The van der Waals surface area contributed by atoms with E-state index < -0.39 is 12.0 Å². The summed E-state index contributed by atoms with van der Waals surface area (Å²) in [6.07, 6.45) is 2.59. The van der Waals surface area contributed by atoms with Crippen LogP contribution in [0.15, 0.2) is 42.6 Å². The van der Waals surface area contributed by atoms with E-state index in [1.165, 1.54) is 0 Å². The highest BCUT2D eigenvalue weighted by Gasteiger charge is 2.19. The van der Waals surface area contributed by atoms with Crippen LogP contribution in [0.25, 0.3) is 0 Å². The summed E-state index contributed by atoms with van der Waals surface area (Å²) in [5.74, 6) is -0.892. The minimum atomic E-state index is -0.892. The van der Waals surface area contributed by atoms with Gasteiger partial charge in [-0.15, -0.1) is 0 Å². The molecule has 0 aliphatic carbocycles. The molecule has 22 heavy (non-hydrogen) atoms. The second kappa shape index (κ2) is 8.31. The van der Waals surface area contributed by atoms with E-state index in [1.54, 1.807) is 13.3 Å². The molecular formula is C16H21N3O3. The predicted molar refractivity (Wildman–Crippen MR) is 82.4 cm³/mol. The number of carboxylic acids is 1. The number of methoxy groups -OCH3 is 1. The van der Waals surface area contributed by atoms with Gasteiger partial charge >= 0.3 is 5.97 Å². The zero-order valence-corrected chi connectivity index (χ0v) is 12.6. The Hall–Kier alpha value is -2.18. The summed E-state index contributed by atoms with van der Waals surface area (Å²) in [4.78, 5) is 11.5. The maximum absolute atomic E-state index is 11.5. The topological polar surface area (TPSA) is 76.4 Å². The fourth-order valence-corrected chi connectivity index (χ4v) is 2.27. The van der Waals surface area contributed by atoms with Gasteiger partial charge in [-0.1, -0.05) is 30.3 Å². The van der Waals surface area contributed by atoms with Crippen LogP contribution in [0.2, 0.25) is 0 Å². The van der Waals surface area contributed by atoms with Gasteiger partial charge < -0.3 is 9.84 Å². The fraction of sp³-hybridized carbons (Fsp3) is 0.375. The summed E-state index contributed by atoms with van der Waals surface area (Å²) in [6, 6.07) is 10.3. The van der Waals surface area contributed by atoms with E-state index in [0.717, 1.165) is 24.2 Å². The van der Waals surface area contributed by atoms with Crippen molar-refractivity contribution in [3.63, 3.8) is 0 Å². The maximum atomic E-state index is 11.5. The average molecular weight is 303 g/mol. The number of carboxylic acid groups (broad SMARTS) is 1. The van der Waals surface area contributed by atoms with Gasteiger partial charge in [-0.2, -0.15) is 5.10 Å². The second-order valence-corrected chi connectivity index (χ2v) is 4.95. The van der Waals surface area contributed by atoms with Crippen molar-refractivity contribution in [2.75, 3.05) is 13.7 Å². The van der Waals surface area contributed by atoms with Gasteiger partial charge in [-0.05, 0) is 18.1 Å². The molecule has 0 fully saturated rings. The highest BCUT2D eigenvalue weighted by Crippen LogP contribution is 2.13. The number of nitrogens with one attached hydrogen (secondary N) is 1. The summed E-state index contributed by atoms with van der Waals surface area (Å²) in [5, 5.41) is 16.7. The molecule has 0 aliphatic rings. The number of hydrogen-bond acceptors (Lipinski definition) is 4. The third kappa shape index (κ3) is 4.41.